The molecule has 162 valence electrons. The van der Waals surface area contributed by atoms with Gasteiger partial charge in [0.15, 0.2) is 0 Å². The highest BCUT2D eigenvalue weighted by molar-refractivity contribution is 7.90. The van der Waals surface area contributed by atoms with Crippen molar-refractivity contribution >= 4 is 21.5 Å². The molecule has 4 N–H and O–H groups in total. The molecule has 0 atom stereocenters. The molecule has 4 rings (SSSR count). The van der Waals surface area contributed by atoms with E-state index < -0.39 is 15.9 Å². The molecule has 9 heteroatoms. The molecule has 2 aromatic heterocycles. The van der Waals surface area contributed by atoms with E-state index in [0.717, 1.165) is 15.1 Å². The number of primary amides is 1. The molecule has 0 unspecified atom stereocenters. The van der Waals surface area contributed by atoms with Crippen molar-refractivity contribution in [1.29, 1.82) is 0 Å². The SMILES string of the molecule is Cn1cc(-c2ccc(S(=O)(=O)n3ccc(/C(=C(/N)C(N)=O)c4ccccc4)c3)cc2)cn1. The molecule has 0 aliphatic heterocycles. The van der Waals surface area contributed by atoms with Gasteiger partial charge in [-0.3, -0.25) is 9.48 Å². The van der Waals surface area contributed by atoms with Crippen molar-refractivity contribution in [1.82, 2.24) is 13.8 Å². The lowest BCUT2D eigenvalue weighted by atomic mass is 9.98. The monoisotopic (exact) mass is 447 g/mol. The van der Waals surface area contributed by atoms with Crippen molar-refractivity contribution < 1.29 is 13.2 Å². The first-order chi connectivity index (χ1) is 15.3. The molecule has 4 aromatic rings. The summed E-state index contributed by atoms with van der Waals surface area (Å²) in [5, 5.41) is 4.13. The maximum Gasteiger partial charge on any atom is 0.267 e. The minimum Gasteiger partial charge on any atom is -0.394 e. The molecule has 32 heavy (non-hydrogen) atoms. The standard InChI is InChI=1S/C23H21N5O3S/c1-27-14-19(13-26-27)16-7-9-20(10-8-16)32(30,31)28-12-11-18(15-28)21(22(24)23(25)29)17-5-3-2-4-6-17/h2-15H,24H2,1H3,(H2,25,29)/b22-21+. The van der Waals surface area contributed by atoms with Gasteiger partial charge in [-0.25, -0.2) is 12.4 Å². The molecule has 1 amide bonds. The van der Waals surface area contributed by atoms with Gasteiger partial charge in [0.05, 0.1) is 11.1 Å². The van der Waals surface area contributed by atoms with E-state index in [1.807, 2.05) is 19.3 Å². The van der Waals surface area contributed by atoms with Crippen LogP contribution in [0.2, 0.25) is 0 Å². The summed E-state index contributed by atoms with van der Waals surface area (Å²) >= 11 is 0. The fraction of sp³-hybridized carbons (Fsp3) is 0.0435. The second-order valence-corrected chi connectivity index (χ2v) is 9.02. The molecular weight excluding hydrogens is 426 g/mol. The number of hydrogen-bond acceptors (Lipinski definition) is 5. The van der Waals surface area contributed by atoms with Crippen LogP contribution in [0, 0.1) is 0 Å². The first-order valence-corrected chi connectivity index (χ1v) is 11.1. The fourth-order valence-corrected chi connectivity index (χ4v) is 4.59. The number of aryl methyl sites for hydroxylation is 1. The van der Waals surface area contributed by atoms with E-state index in [0.29, 0.717) is 16.7 Å². The molecule has 0 spiro atoms. The maximum absolute atomic E-state index is 13.2. The summed E-state index contributed by atoms with van der Waals surface area (Å²) < 4.78 is 29.1. The van der Waals surface area contributed by atoms with Crippen molar-refractivity contribution in [3.05, 3.63) is 102 Å². The van der Waals surface area contributed by atoms with Gasteiger partial charge in [-0.15, -0.1) is 0 Å². The summed E-state index contributed by atoms with van der Waals surface area (Å²) in [6.07, 6.45) is 6.39. The zero-order valence-corrected chi connectivity index (χ0v) is 18.0. The molecule has 2 aromatic carbocycles. The van der Waals surface area contributed by atoms with E-state index in [9.17, 15) is 13.2 Å². The van der Waals surface area contributed by atoms with Crippen LogP contribution < -0.4 is 11.5 Å². The Bertz CT molecular complexity index is 1420. The van der Waals surface area contributed by atoms with E-state index in [1.165, 1.54) is 12.4 Å². The van der Waals surface area contributed by atoms with Crippen LogP contribution in [0.1, 0.15) is 11.1 Å². The van der Waals surface area contributed by atoms with Crippen LogP contribution in [-0.4, -0.2) is 28.1 Å². The minimum atomic E-state index is -3.86. The highest BCUT2D eigenvalue weighted by Gasteiger charge is 2.20. The van der Waals surface area contributed by atoms with Crippen molar-refractivity contribution in [3.63, 3.8) is 0 Å². The molecule has 0 saturated carbocycles. The van der Waals surface area contributed by atoms with Gasteiger partial charge in [0.2, 0.25) is 0 Å². The van der Waals surface area contributed by atoms with Crippen LogP contribution >= 0.6 is 0 Å². The van der Waals surface area contributed by atoms with E-state index in [2.05, 4.69) is 5.10 Å². The Balaban J connectivity index is 1.72. The minimum absolute atomic E-state index is 0.125. The van der Waals surface area contributed by atoms with Gasteiger partial charge >= 0.3 is 0 Å². The van der Waals surface area contributed by atoms with Gasteiger partial charge < -0.3 is 11.5 Å². The van der Waals surface area contributed by atoms with Gasteiger partial charge in [0.1, 0.15) is 5.70 Å². The maximum atomic E-state index is 13.2. The number of benzene rings is 2. The number of nitrogens with two attached hydrogens (primary N) is 2. The lowest BCUT2D eigenvalue weighted by Crippen LogP contribution is -2.22. The normalized spacial score (nSPS) is 12.4. The number of aromatic nitrogens is 3. The average molecular weight is 448 g/mol. The Morgan fingerprint density at radius 1 is 0.875 bits per heavy atom. The van der Waals surface area contributed by atoms with Crippen LogP contribution in [0.25, 0.3) is 16.7 Å². The molecule has 0 bridgehead atoms. The molecule has 2 heterocycles. The van der Waals surface area contributed by atoms with E-state index in [4.69, 9.17) is 11.5 Å². The summed E-state index contributed by atoms with van der Waals surface area (Å²) in [6.45, 7) is 0. The molecule has 0 saturated heterocycles. The van der Waals surface area contributed by atoms with E-state index in [1.54, 1.807) is 65.5 Å². The van der Waals surface area contributed by atoms with Crippen LogP contribution in [0.15, 0.2) is 96.0 Å². The summed E-state index contributed by atoms with van der Waals surface area (Å²) in [4.78, 5) is 11.9. The average Bonchev–Trinajstić information content (AvgIpc) is 3.45. The second-order valence-electron chi connectivity index (χ2n) is 7.18. The van der Waals surface area contributed by atoms with Gasteiger partial charge in [0, 0.05) is 42.3 Å². The van der Waals surface area contributed by atoms with Crippen molar-refractivity contribution in [3.8, 4) is 11.1 Å². The number of nitrogens with zero attached hydrogens (tertiary/aromatic N) is 3. The number of carbonyl (C=O) groups excluding carboxylic acids is 1. The van der Waals surface area contributed by atoms with E-state index >= 15 is 0 Å². The predicted molar refractivity (Wildman–Crippen MR) is 122 cm³/mol. The van der Waals surface area contributed by atoms with Gasteiger partial charge in [-0.1, -0.05) is 42.5 Å². The Labute approximate surface area is 185 Å². The molecule has 0 aliphatic carbocycles. The van der Waals surface area contributed by atoms with Crippen molar-refractivity contribution in [2.24, 2.45) is 18.5 Å². The quantitative estimate of drug-likeness (QED) is 0.439. The lowest BCUT2D eigenvalue weighted by Gasteiger charge is -2.10. The second kappa shape index (κ2) is 8.20. The zero-order chi connectivity index (χ0) is 22.9. The predicted octanol–water partition coefficient (Wildman–Crippen LogP) is 2.33. The number of amides is 1. The van der Waals surface area contributed by atoms with Crippen molar-refractivity contribution in [2.45, 2.75) is 4.90 Å². The number of hydrogen-bond donors (Lipinski definition) is 2. The Hall–Kier alpha value is -4.11. The van der Waals surface area contributed by atoms with Crippen molar-refractivity contribution in [2.75, 3.05) is 0 Å². The summed E-state index contributed by atoms with van der Waals surface area (Å²) in [5.74, 6) is -0.787. The first kappa shape index (κ1) is 21.1. The van der Waals surface area contributed by atoms with Crippen LogP contribution in [-0.2, 0) is 21.9 Å². The molecule has 0 aliphatic rings. The number of carbonyl (C=O) groups is 1. The summed E-state index contributed by atoms with van der Waals surface area (Å²) in [7, 11) is -2.04. The molecule has 8 nitrogen and oxygen atoms in total. The van der Waals surface area contributed by atoms with E-state index in [-0.39, 0.29) is 10.6 Å². The fourth-order valence-electron chi connectivity index (χ4n) is 3.39. The third-order valence-corrected chi connectivity index (χ3v) is 6.67. The van der Waals surface area contributed by atoms with Gasteiger partial charge in [-0.05, 0) is 29.3 Å². The molecule has 0 radical (unpaired) electrons. The smallest absolute Gasteiger partial charge is 0.267 e. The topological polar surface area (TPSA) is 126 Å². The Morgan fingerprint density at radius 2 is 1.56 bits per heavy atom. The van der Waals surface area contributed by atoms with Gasteiger partial charge in [-0.2, -0.15) is 5.10 Å². The first-order valence-electron chi connectivity index (χ1n) is 9.65. The molecule has 0 fully saturated rings. The largest absolute Gasteiger partial charge is 0.394 e. The summed E-state index contributed by atoms with van der Waals surface area (Å²) in [5.41, 5.74) is 14.5. The zero-order valence-electron chi connectivity index (χ0n) is 17.2. The third kappa shape index (κ3) is 3.93. The lowest BCUT2D eigenvalue weighted by molar-refractivity contribution is -0.114. The highest BCUT2D eigenvalue weighted by Crippen LogP contribution is 2.28. The van der Waals surface area contributed by atoms with Crippen LogP contribution in [0.3, 0.4) is 0 Å². The van der Waals surface area contributed by atoms with Crippen LogP contribution in [0.5, 0.6) is 0 Å². The number of rotatable bonds is 6. The Morgan fingerprint density at radius 3 is 2.16 bits per heavy atom. The summed E-state index contributed by atoms with van der Waals surface area (Å²) in [6, 6.07) is 17.1. The third-order valence-electron chi connectivity index (χ3n) is 5.02. The highest BCUT2D eigenvalue weighted by atomic mass is 32.2. The molecular formula is C23H21N5O3S. The van der Waals surface area contributed by atoms with Gasteiger partial charge in [0.25, 0.3) is 15.9 Å². The van der Waals surface area contributed by atoms with Crippen LogP contribution in [0.4, 0.5) is 0 Å². The Kier molecular flexibility index (Phi) is 5.41.